The summed E-state index contributed by atoms with van der Waals surface area (Å²) in [4.78, 5) is 0.313. The van der Waals surface area contributed by atoms with E-state index in [4.69, 9.17) is 4.74 Å². The third-order valence-corrected chi connectivity index (χ3v) is 4.48. The van der Waals surface area contributed by atoms with Crippen molar-refractivity contribution >= 4 is 15.7 Å². The van der Waals surface area contributed by atoms with Gasteiger partial charge in [-0.25, -0.2) is 13.1 Å². The van der Waals surface area contributed by atoms with Gasteiger partial charge in [-0.2, -0.15) is 0 Å². The van der Waals surface area contributed by atoms with Crippen LogP contribution in [0.4, 0.5) is 5.69 Å². The minimum absolute atomic E-state index is 0.143. The van der Waals surface area contributed by atoms with Crippen LogP contribution < -0.4 is 10.0 Å². The van der Waals surface area contributed by atoms with E-state index in [1.165, 1.54) is 0 Å². The minimum atomic E-state index is -3.44. The van der Waals surface area contributed by atoms with Crippen LogP contribution in [0.5, 0.6) is 0 Å². The lowest BCUT2D eigenvalue weighted by molar-refractivity contribution is 0.122. The van der Waals surface area contributed by atoms with E-state index in [1.807, 2.05) is 13.0 Å². The molecule has 1 aliphatic heterocycles. The molecule has 6 heteroatoms. The predicted octanol–water partition coefficient (Wildman–Crippen LogP) is 0.968. The Morgan fingerprint density at radius 1 is 1.50 bits per heavy atom. The topological polar surface area (TPSA) is 67.4 Å². The fourth-order valence-corrected chi connectivity index (χ4v) is 3.01. The quantitative estimate of drug-likeness (QED) is 0.836. The average Bonchev–Trinajstić information content (AvgIpc) is 2.83. The van der Waals surface area contributed by atoms with Gasteiger partial charge in [-0.05, 0) is 37.1 Å². The highest BCUT2D eigenvalue weighted by Gasteiger charge is 2.18. The van der Waals surface area contributed by atoms with Gasteiger partial charge in [0.25, 0.3) is 0 Å². The zero-order valence-corrected chi connectivity index (χ0v) is 11.4. The number of ether oxygens (including phenoxy) is 1. The first kappa shape index (κ1) is 13.3. The van der Waals surface area contributed by atoms with Crippen molar-refractivity contribution in [2.45, 2.75) is 24.3 Å². The molecule has 1 unspecified atom stereocenters. The van der Waals surface area contributed by atoms with Gasteiger partial charge in [-0.15, -0.1) is 0 Å². The molecule has 1 aliphatic rings. The highest BCUT2D eigenvalue weighted by molar-refractivity contribution is 7.89. The van der Waals surface area contributed by atoms with E-state index in [1.54, 1.807) is 19.2 Å². The molecule has 1 aromatic carbocycles. The summed E-state index contributed by atoms with van der Waals surface area (Å²) >= 11 is 0. The van der Waals surface area contributed by atoms with Gasteiger partial charge in [0.15, 0.2) is 0 Å². The van der Waals surface area contributed by atoms with Crippen molar-refractivity contribution in [1.29, 1.82) is 0 Å². The van der Waals surface area contributed by atoms with Crippen LogP contribution in [0.25, 0.3) is 0 Å². The van der Waals surface area contributed by atoms with Crippen molar-refractivity contribution in [3.63, 3.8) is 0 Å². The van der Waals surface area contributed by atoms with E-state index in [0.717, 1.165) is 24.2 Å². The lowest BCUT2D eigenvalue weighted by Gasteiger charge is -2.12. The second-order valence-electron chi connectivity index (χ2n) is 4.39. The largest absolute Gasteiger partial charge is 0.384 e. The van der Waals surface area contributed by atoms with Gasteiger partial charge in [-0.1, -0.05) is 0 Å². The SMILES string of the molecule is COC(C)CNS(=O)(=O)c1ccc2c(c1)CCN2. The Kier molecular flexibility index (Phi) is 3.89. The molecular weight excluding hydrogens is 252 g/mol. The molecule has 1 atom stereocenters. The molecule has 5 nitrogen and oxygen atoms in total. The highest BCUT2D eigenvalue weighted by Crippen LogP contribution is 2.24. The van der Waals surface area contributed by atoms with E-state index in [0.29, 0.717) is 4.90 Å². The maximum absolute atomic E-state index is 12.1. The zero-order chi connectivity index (χ0) is 13.2. The number of methoxy groups -OCH3 is 1. The fraction of sp³-hybridized carbons (Fsp3) is 0.500. The summed E-state index contributed by atoms with van der Waals surface area (Å²) in [5, 5.41) is 3.20. The maximum atomic E-state index is 12.1. The molecule has 0 radical (unpaired) electrons. The van der Waals surface area contributed by atoms with Gasteiger partial charge in [0.1, 0.15) is 0 Å². The van der Waals surface area contributed by atoms with Crippen LogP contribution in [0.1, 0.15) is 12.5 Å². The van der Waals surface area contributed by atoms with Gasteiger partial charge in [0, 0.05) is 25.9 Å². The smallest absolute Gasteiger partial charge is 0.240 e. The number of rotatable bonds is 5. The summed E-state index contributed by atoms with van der Waals surface area (Å²) in [6, 6.07) is 5.17. The van der Waals surface area contributed by atoms with Crippen molar-refractivity contribution in [3.8, 4) is 0 Å². The molecule has 0 aromatic heterocycles. The summed E-state index contributed by atoms with van der Waals surface area (Å²) in [7, 11) is -1.89. The third kappa shape index (κ3) is 2.82. The molecule has 18 heavy (non-hydrogen) atoms. The molecule has 0 bridgehead atoms. The van der Waals surface area contributed by atoms with E-state index in [-0.39, 0.29) is 12.6 Å². The van der Waals surface area contributed by atoms with Crippen molar-refractivity contribution in [2.75, 3.05) is 25.5 Å². The van der Waals surface area contributed by atoms with Crippen LogP contribution in [0.15, 0.2) is 23.1 Å². The Bertz CT molecular complexity index is 528. The Balaban J connectivity index is 2.15. The number of sulfonamides is 1. The van der Waals surface area contributed by atoms with Gasteiger partial charge in [-0.3, -0.25) is 0 Å². The zero-order valence-electron chi connectivity index (χ0n) is 10.6. The number of hydrogen-bond donors (Lipinski definition) is 2. The first-order chi connectivity index (χ1) is 8.53. The molecule has 0 fully saturated rings. The number of anilines is 1. The van der Waals surface area contributed by atoms with Crippen LogP contribution in [0.3, 0.4) is 0 Å². The molecule has 100 valence electrons. The van der Waals surface area contributed by atoms with Crippen LogP contribution in [-0.4, -0.2) is 34.7 Å². The molecule has 2 N–H and O–H groups in total. The Morgan fingerprint density at radius 3 is 3.00 bits per heavy atom. The highest BCUT2D eigenvalue weighted by atomic mass is 32.2. The lowest BCUT2D eigenvalue weighted by Crippen LogP contribution is -2.31. The molecule has 0 amide bonds. The standard InChI is InChI=1S/C12H18N2O3S/c1-9(17-2)8-14-18(15,16)11-3-4-12-10(7-11)5-6-13-12/h3-4,7,9,13-14H,5-6,8H2,1-2H3. The number of fused-ring (bicyclic) bond motifs is 1. The Labute approximate surface area is 108 Å². The van der Waals surface area contributed by atoms with Gasteiger partial charge >= 0.3 is 0 Å². The van der Waals surface area contributed by atoms with E-state index < -0.39 is 10.0 Å². The third-order valence-electron chi connectivity index (χ3n) is 3.06. The van der Waals surface area contributed by atoms with Crippen LogP contribution >= 0.6 is 0 Å². The minimum Gasteiger partial charge on any atom is -0.384 e. The van der Waals surface area contributed by atoms with Gasteiger partial charge in [0.05, 0.1) is 11.0 Å². The number of nitrogens with one attached hydrogen (secondary N) is 2. The Hall–Kier alpha value is -1.11. The fourth-order valence-electron chi connectivity index (χ4n) is 1.84. The molecule has 0 aliphatic carbocycles. The first-order valence-corrected chi connectivity index (χ1v) is 7.40. The summed E-state index contributed by atoms with van der Waals surface area (Å²) in [5.74, 6) is 0. The summed E-state index contributed by atoms with van der Waals surface area (Å²) in [6.45, 7) is 2.95. The first-order valence-electron chi connectivity index (χ1n) is 5.92. The molecular formula is C12H18N2O3S. The summed E-state index contributed by atoms with van der Waals surface area (Å²) in [6.07, 6.45) is 0.726. The van der Waals surface area contributed by atoms with Crippen molar-refractivity contribution < 1.29 is 13.2 Å². The number of hydrogen-bond acceptors (Lipinski definition) is 4. The second kappa shape index (κ2) is 5.26. The van der Waals surface area contributed by atoms with Crippen LogP contribution in [-0.2, 0) is 21.2 Å². The van der Waals surface area contributed by atoms with Crippen molar-refractivity contribution in [2.24, 2.45) is 0 Å². The van der Waals surface area contributed by atoms with E-state index in [9.17, 15) is 8.42 Å². The predicted molar refractivity (Wildman–Crippen MR) is 70.3 cm³/mol. The maximum Gasteiger partial charge on any atom is 0.240 e. The molecule has 2 rings (SSSR count). The summed E-state index contributed by atoms with van der Waals surface area (Å²) < 4.78 is 31.7. The number of benzene rings is 1. The molecule has 0 spiro atoms. The normalized spacial score (nSPS) is 16.1. The monoisotopic (exact) mass is 270 g/mol. The summed E-state index contributed by atoms with van der Waals surface area (Å²) in [5.41, 5.74) is 2.08. The van der Waals surface area contributed by atoms with Crippen LogP contribution in [0, 0.1) is 0 Å². The van der Waals surface area contributed by atoms with Crippen molar-refractivity contribution in [1.82, 2.24) is 4.72 Å². The molecule has 0 saturated heterocycles. The van der Waals surface area contributed by atoms with E-state index >= 15 is 0 Å². The van der Waals surface area contributed by atoms with Crippen LogP contribution in [0.2, 0.25) is 0 Å². The molecule has 1 aromatic rings. The van der Waals surface area contributed by atoms with Gasteiger partial charge in [0.2, 0.25) is 10.0 Å². The molecule has 0 saturated carbocycles. The second-order valence-corrected chi connectivity index (χ2v) is 6.16. The van der Waals surface area contributed by atoms with Crippen molar-refractivity contribution in [3.05, 3.63) is 23.8 Å². The van der Waals surface area contributed by atoms with E-state index in [2.05, 4.69) is 10.0 Å². The molecule has 1 heterocycles. The van der Waals surface area contributed by atoms with Gasteiger partial charge < -0.3 is 10.1 Å². The average molecular weight is 270 g/mol. The lowest BCUT2D eigenvalue weighted by atomic mass is 10.2. The Morgan fingerprint density at radius 2 is 2.28 bits per heavy atom.